The standard InChI is InChI=1S/C15H22FNOS.C7H7NO2/c1-13-7-10-17(11-8-13)19(2,18)12-9-14-5-3-4-6-15(14)16;8-7(10)5-1-3-6(9)4-2-5/h3-6,13H,2,7-12H2,1H3;1-4,9H,(H2,8,10). The Morgan fingerprint density at radius 3 is 2.34 bits per heavy atom. The molecule has 1 unspecified atom stereocenters. The van der Waals surface area contributed by atoms with Crippen LogP contribution in [0.3, 0.4) is 0 Å². The molecule has 158 valence electrons. The topological polar surface area (TPSA) is 83.6 Å². The molecule has 1 fully saturated rings. The first-order valence-electron chi connectivity index (χ1n) is 9.61. The van der Waals surface area contributed by atoms with Gasteiger partial charge in [-0.2, -0.15) is 0 Å². The summed E-state index contributed by atoms with van der Waals surface area (Å²) in [5.74, 6) is 4.46. The summed E-state index contributed by atoms with van der Waals surface area (Å²) >= 11 is 0. The highest BCUT2D eigenvalue weighted by atomic mass is 32.2. The van der Waals surface area contributed by atoms with Crippen molar-refractivity contribution in [3.05, 3.63) is 65.5 Å². The first-order chi connectivity index (χ1) is 13.7. The average Bonchev–Trinajstić information content (AvgIpc) is 2.68. The normalized spacial score (nSPS) is 17.0. The van der Waals surface area contributed by atoms with Gasteiger partial charge in [0.2, 0.25) is 5.91 Å². The van der Waals surface area contributed by atoms with E-state index in [0.717, 1.165) is 25.9 Å². The zero-order valence-electron chi connectivity index (χ0n) is 16.7. The SMILES string of the molecule is C=S(=O)(CCc1ccccc1F)N1CCC(C)CC1.NC(=O)c1ccc(O)cc1. The lowest BCUT2D eigenvalue weighted by molar-refractivity contribution is 0.100. The minimum atomic E-state index is -2.26. The van der Waals surface area contributed by atoms with Crippen molar-refractivity contribution in [2.24, 2.45) is 11.7 Å². The summed E-state index contributed by atoms with van der Waals surface area (Å²) in [6, 6.07) is 12.5. The van der Waals surface area contributed by atoms with Crippen molar-refractivity contribution < 1.29 is 18.5 Å². The highest BCUT2D eigenvalue weighted by Gasteiger charge is 2.22. The van der Waals surface area contributed by atoms with E-state index >= 15 is 0 Å². The van der Waals surface area contributed by atoms with E-state index in [0.29, 0.717) is 29.2 Å². The number of primary amides is 1. The summed E-state index contributed by atoms with van der Waals surface area (Å²) in [6.45, 7) is 3.92. The largest absolute Gasteiger partial charge is 0.508 e. The van der Waals surface area contributed by atoms with Gasteiger partial charge in [0.05, 0.1) is 0 Å². The predicted molar refractivity (Wildman–Crippen MR) is 117 cm³/mol. The average molecular weight is 421 g/mol. The minimum Gasteiger partial charge on any atom is -0.508 e. The van der Waals surface area contributed by atoms with Gasteiger partial charge >= 0.3 is 0 Å². The number of hydrogen-bond donors (Lipinski definition) is 2. The fourth-order valence-electron chi connectivity index (χ4n) is 3.04. The molecule has 7 heteroatoms. The number of nitrogens with two attached hydrogens (primary N) is 1. The van der Waals surface area contributed by atoms with E-state index in [1.807, 2.05) is 10.4 Å². The smallest absolute Gasteiger partial charge is 0.248 e. The van der Waals surface area contributed by atoms with Crippen LogP contribution in [0.2, 0.25) is 0 Å². The van der Waals surface area contributed by atoms with Gasteiger partial charge in [0.15, 0.2) is 0 Å². The molecular weight excluding hydrogens is 391 g/mol. The second-order valence-corrected chi connectivity index (χ2v) is 9.81. The van der Waals surface area contributed by atoms with Crippen LogP contribution < -0.4 is 5.73 Å². The molecule has 2 aromatic rings. The number of hydrogen-bond acceptors (Lipinski definition) is 3. The summed E-state index contributed by atoms with van der Waals surface area (Å²) in [7, 11) is -2.26. The van der Waals surface area contributed by atoms with Crippen molar-refractivity contribution in [3.63, 3.8) is 0 Å². The van der Waals surface area contributed by atoms with Crippen molar-refractivity contribution >= 4 is 21.5 Å². The third-order valence-corrected chi connectivity index (χ3v) is 7.16. The van der Waals surface area contributed by atoms with Gasteiger partial charge in [0.25, 0.3) is 0 Å². The third-order valence-electron chi connectivity index (χ3n) is 5.01. The highest BCUT2D eigenvalue weighted by molar-refractivity contribution is 7.98. The van der Waals surface area contributed by atoms with Crippen molar-refractivity contribution in [2.75, 3.05) is 18.8 Å². The van der Waals surface area contributed by atoms with Crippen molar-refractivity contribution in [2.45, 2.75) is 26.2 Å². The van der Waals surface area contributed by atoms with Crippen LogP contribution in [0.25, 0.3) is 0 Å². The molecule has 1 aliphatic heterocycles. The number of aryl methyl sites for hydroxylation is 1. The lowest BCUT2D eigenvalue weighted by Crippen LogP contribution is -2.39. The van der Waals surface area contributed by atoms with E-state index < -0.39 is 15.6 Å². The number of piperidine rings is 1. The number of nitrogens with zero attached hydrogens (tertiary/aromatic N) is 1. The van der Waals surface area contributed by atoms with Crippen LogP contribution in [0, 0.1) is 11.7 Å². The molecule has 1 heterocycles. The summed E-state index contributed by atoms with van der Waals surface area (Å²) in [5, 5.41) is 8.79. The number of halogens is 1. The molecule has 0 aromatic heterocycles. The zero-order valence-corrected chi connectivity index (χ0v) is 17.5. The maximum Gasteiger partial charge on any atom is 0.248 e. The Bertz CT molecular complexity index is 906. The van der Waals surface area contributed by atoms with Crippen LogP contribution in [0.15, 0.2) is 48.5 Å². The third kappa shape index (κ3) is 7.18. The molecule has 3 N–H and O–H groups in total. The van der Waals surface area contributed by atoms with Gasteiger partial charge in [-0.15, -0.1) is 0 Å². The molecular formula is C22H29FN2O3S. The lowest BCUT2D eigenvalue weighted by Gasteiger charge is -2.32. The fraction of sp³-hybridized carbons (Fsp3) is 0.364. The van der Waals surface area contributed by atoms with Gasteiger partial charge in [-0.3, -0.25) is 9.00 Å². The van der Waals surface area contributed by atoms with Crippen LogP contribution >= 0.6 is 0 Å². The van der Waals surface area contributed by atoms with E-state index in [1.54, 1.807) is 12.1 Å². The molecule has 1 atom stereocenters. The van der Waals surface area contributed by atoms with Crippen molar-refractivity contribution in [1.29, 1.82) is 0 Å². The Morgan fingerprint density at radius 1 is 1.21 bits per heavy atom. The summed E-state index contributed by atoms with van der Waals surface area (Å²) in [4.78, 5) is 10.5. The Morgan fingerprint density at radius 2 is 1.79 bits per heavy atom. The number of phenolic OH excluding ortho intramolecular Hbond substituents is 1. The molecule has 0 aliphatic carbocycles. The number of benzene rings is 2. The van der Waals surface area contributed by atoms with E-state index in [1.165, 1.54) is 30.3 Å². The lowest BCUT2D eigenvalue weighted by atomic mass is 10.0. The maximum absolute atomic E-state index is 13.5. The number of aromatic hydroxyl groups is 1. The minimum absolute atomic E-state index is 0.130. The molecule has 0 spiro atoms. The fourth-order valence-corrected chi connectivity index (χ4v) is 4.72. The van der Waals surface area contributed by atoms with E-state index in [-0.39, 0.29) is 11.6 Å². The number of carbonyl (C=O) groups is 1. The van der Waals surface area contributed by atoms with Gasteiger partial charge in [-0.25, -0.2) is 8.70 Å². The van der Waals surface area contributed by atoms with Crippen LogP contribution in [0.1, 0.15) is 35.7 Å². The second-order valence-electron chi connectivity index (χ2n) is 7.34. The maximum atomic E-state index is 13.5. The second kappa shape index (κ2) is 10.4. The molecule has 1 saturated heterocycles. The summed E-state index contributed by atoms with van der Waals surface area (Å²) in [6.07, 6.45) is 2.64. The number of phenols is 1. The monoisotopic (exact) mass is 420 g/mol. The number of amides is 1. The van der Waals surface area contributed by atoms with Gasteiger partial charge < -0.3 is 10.8 Å². The molecule has 0 bridgehead atoms. The molecule has 1 amide bonds. The zero-order chi connectivity index (χ0) is 21.4. The first kappa shape index (κ1) is 22.9. The molecule has 1 aliphatic rings. The van der Waals surface area contributed by atoms with Crippen molar-refractivity contribution in [3.8, 4) is 5.75 Å². The van der Waals surface area contributed by atoms with E-state index in [2.05, 4.69) is 12.8 Å². The van der Waals surface area contributed by atoms with Crippen LogP contribution in [-0.4, -0.2) is 44.2 Å². The van der Waals surface area contributed by atoms with Crippen LogP contribution in [0.4, 0.5) is 4.39 Å². The number of carbonyl (C=O) groups excluding carboxylic acids is 1. The summed E-state index contributed by atoms with van der Waals surface area (Å²) < 4.78 is 28.2. The van der Waals surface area contributed by atoms with Gasteiger partial charge in [0, 0.05) is 34.1 Å². The first-order valence-corrected chi connectivity index (χ1v) is 11.5. The Labute approximate surface area is 172 Å². The van der Waals surface area contributed by atoms with Gasteiger partial charge in [0.1, 0.15) is 11.6 Å². The highest BCUT2D eigenvalue weighted by Crippen LogP contribution is 2.20. The Balaban J connectivity index is 0.000000253. The molecule has 3 rings (SSSR count). The van der Waals surface area contributed by atoms with Crippen LogP contribution in [0.5, 0.6) is 5.75 Å². The van der Waals surface area contributed by atoms with E-state index in [9.17, 15) is 13.4 Å². The molecule has 0 radical (unpaired) electrons. The molecule has 5 nitrogen and oxygen atoms in total. The molecule has 29 heavy (non-hydrogen) atoms. The van der Waals surface area contributed by atoms with Crippen LogP contribution in [-0.2, 0) is 16.1 Å². The molecule has 2 aromatic carbocycles. The Hall–Kier alpha value is -2.38. The summed E-state index contributed by atoms with van der Waals surface area (Å²) in [5.41, 5.74) is 5.97. The van der Waals surface area contributed by atoms with Gasteiger partial charge in [-0.05, 0) is 66.9 Å². The predicted octanol–water partition coefficient (Wildman–Crippen LogP) is 3.22. The quantitative estimate of drug-likeness (QED) is 0.729. The molecule has 0 saturated carbocycles. The van der Waals surface area contributed by atoms with Crippen molar-refractivity contribution in [1.82, 2.24) is 4.31 Å². The number of rotatable bonds is 5. The Kier molecular flexibility index (Phi) is 8.22. The van der Waals surface area contributed by atoms with E-state index in [4.69, 9.17) is 10.8 Å². The van der Waals surface area contributed by atoms with Gasteiger partial charge in [-0.1, -0.05) is 25.1 Å².